The first-order chi connectivity index (χ1) is 11.0. The van der Waals surface area contributed by atoms with Gasteiger partial charge in [-0.2, -0.15) is 5.10 Å². The highest BCUT2D eigenvalue weighted by Gasteiger charge is 2.32. The summed E-state index contributed by atoms with van der Waals surface area (Å²) in [4.78, 5) is 33.9. The minimum Gasteiger partial charge on any atom is -0.548 e. The second kappa shape index (κ2) is 7.58. The zero-order valence-corrected chi connectivity index (χ0v) is 12.8. The SMILES string of the molecule is C[C@H](NC(=O)C[C@@H]1S/C(=N/N=Cc2ccco2)NC1=O)C(=O)[O-]. The van der Waals surface area contributed by atoms with Gasteiger partial charge >= 0.3 is 0 Å². The van der Waals surface area contributed by atoms with Crippen molar-refractivity contribution < 1.29 is 23.9 Å². The molecular weight excluding hydrogens is 324 g/mol. The lowest BCUT2D eigenvalue weighted by molar-refractivity contribution is -0.307. The van der Waals surface area contributed by atoms with Crippen molar-refractivity contribution in [2.24, 2.45) is 10.2 Å². The molecule has 23 heavy (non-hydrogen) atoms. The summed E-state index contributed by atoms with van der Waals surface area (Å²) in [7, 11) is 0. The number of nitrogens with one attached hydrogen (secondary N) is 2. The largest absolute Gasteiger partial charge is 0.548 e. The number of amides is 2. The van der Waals surface area contributed by atoms with E-state index in [1.807, 2.05) is 0 Å². The topological polar surface area (TPSA) is 136 Å². The van der Waals surface area contributed by atoms with Gasteiger partial charge in [0, 0.05) is 6.42 Å². The van der Waals surface area contributed by atoms with Crippen molar-refractivity contribution >= 4 is 40.9 Å². The molecule has 0 unspecified atom stereocenters. The summed E-state index contributed by atoms with van der Waals surface area (Å²) in [5.41, 5.74) is 0. The molecule has 2 rings (SSSR count). The third kappa shape index (κ3) is 4.95. The van der Waals surface area contributed by atoms with Crippen LogP contribution in [-0.4, -0.2) is 40.5 Å². The summed E-state index contributed by atoms with van der Waals surface area (Å²) in [6.45, 7) is 1.28. The van der Waals surface area contributed by atoms with Crippen LogP contribution in [0.1, 0.15) is 19.1 Å². The summed E-state index contributed by atoms with van der Waals surface area (Å²) in [6, 6.07) is 2.27. The quantitative estimate of drug-likeness (QED) is 0.497. The van der Waals surface area contributed by atoms with Crippen molar-refractivity contribution in [1.29, 1.82) is 0 Å². The number of thioether (sulfide) groups is 1. The Hall–Kier alpha value is -2.62. The number of hydrogen-bond donors (Lipinski definition) is 2. The Balaban J connectivity index is 1.87. The third-order valence-electron chi connectivity index (χ3n) is 2.76. The van der Waals surface area contributed by atoms with Crippen molar-refractivity contribution in [2.45, 2.75) is 24.6 Å². The van der Waals surface area contributed by atoms with E-state index in [9.17, 15) is 19.5 Å². The van der Waals surface area contributed by atoms with Crippen molar-refractivity contribution in [3.63, 3.8) is 0 Å². The van der Waals surface area contributed by atoms with E-state index in [-0.39, 0.29) is 11.6 Å². The van der Waals surface area contributed by atoms with E-state index in [1.165, 1.54) is 19.4 Å². The highest BCUT2D eigenvalue weighted by Crippen LogP contribution is 2.22. The zero-order chi connectivity index (χ0) is 16.8. The molecule has 9 nitrogen and oxygen atoms in total. The van der Waals surface area contributed by atoms with Gasteiger partial charge in [0.05, 0.1) is 24.5 Å². The second-order valence-corrected chi connectivity index (χ2v) is 5.76. The van der Waals surface area contributed by atoms with Gasteiger partial charge in [0.15, 0.2) is 5.17 Å². The molecule has 2 N–H and O–H groups in total. The fraction of sp³-hybridized carbons (Fsp3) is 0.308. The molecule has 1 aromatic heterocycles. The van der Waals surface area contributed by atoms with E-state index < -0.39 is 29.1 Å². The lowest BCUT2D eigenvalue weighted by atomic mass is 10.2. The molecule has 0 saturated carbocycles. The van der Waals surface area contributed by atoms with Gasteiger partial charge in [-0.25, -0.2) is 0 Å². The van der Waals surface area contributed by atoms with E-state index in [0.29, 0.717) is 5.76 Å². The number of hydrogen-bond acceptors (Lipinski definition) is 8. The summed E-state index contributed by atoms with van der Waals surface area (Å²) < 4.78 is 5.03. The molecule has 1 aliphatic heterocycles. The van der Waals surface area contributed by atoms with Crippen molar-refractivity contribution in [1.82, 2.24) is 10.6 Å². The molecule has 1 aromatic rings. The number of amidine groups is 1. The molecule has 0 radical (unpaired) electrons. The predicted octanol–water partition coefficient (Wildman–Crippen LogP) is -1.15. The molecule has 0 spiro atoms. The van der Waals surface area contributed by atoms with Crippen LogP contribution in [0.25, 0.3) is 0 Å². The Labute approximate surface area is 135 Å². The maximum atomic E-state index is 11.7. The van der Waals surface area contributed by atoms with Gasteiger partial charge < -0.3 is 25.0 Å². The first kappa shape index (κ1) is 16.7. The van der Waals surface area contributed by atoms with Crippen LogP contribution < -0.4 is 15.7 Å². The number of rotatable bonds is 6. The van der Waals surface area contributed by atoms with Crippen LogP contribution in [0.15, 0.2) is 33.0 Å². The number of carboxylic acid groups (broad SMARTS) is 1. The van der Waals surface area contributed by atoms with Gasteiger partial charge in [-0.15, -0.1) is 5.10 Å². The molecule has 122 valence electrons. The minimum atomic E-state index is -1.39. The second-order valence-electron chi connectivity index (χ2n) is 4.57. The highest BCUT2D eigenvalue weighted by molar-refractivity contribution is 8.15. The first-order valence-corrected chi connectivity index (χ1v) is 7.46. The van der Waals surface area contributed by atoms with Gasteiger partial charge in [0.2, 0.25) is 11.8 Å². The van der Waals surface area contributed by atoms with Gasteiger partial charge in [-0.05, 0) is 19.1 Å². The van der Waals surface area contributed by atoms with Crippen LogP contribution in [0.4, 0.5) is 0 Å². The van der Waals surface area contributed by atoms with Gasteiger partial charge in [-0.1, -0.05) is 11.8 Å². The molecule has 1 fully saturated rings. The van der Waals surface area contributed by atoms with E-state index in [1.54, 1.807) is 12.1 Å². The predicted molar refractivity (Wildman–Crippen MR) is 80.5 cm³/mol. The minimum absolute atomic E-state index is 0.172. The Morgan fingerprint density at radius 1 is 1.61 bits per heavy atom. The molecule has 0 aliphatic carbocycles. The average Bonchev–Trinajstić information content (AvgIpc) is 3.09. The number of carbonyl (C=O) groups excluding carboxylic acids is 3. The van der Waals surface area contributed by atoms with Crippen LogP contribution >= 0.6 is 11.8 Å². The molecule has 2 amide bonds. The summed E-state index contributed by atoms with van der Waals surface area (Å²) in [6.07, 6.45) is 2.69. The van der Waals surface area contributed by atoms with Crippen LogP contribution in [0.3, 0.4) is 0 Å². The van der Waals surface area contributed by atoms with Crippen molar-refractivity contribution in [3.8, 4) is 0 Å². The van der Waals surface area contributed by atoms with Crippen LogP contribution in [0, 0.1) is 0 Å². The summed E-state index contributed by atoms with van der Waals surface area (Å²) in [5.74, 6) is -1.83. The highest BCUT2D eigenvalue weighted by atomic mass is 32.2. The number of aliphatic carboxylic acids is 1. The van der Waals surface area contributed by atoms with E-state index >= 15 is 0 Å². The maximum absolute atomic E-state index is 11.7. The smallest absolute Gasteiger partial charge is 0.240 e. The molecule has 2 heterocycles. The summed E-state index contributed by atoms with van der Waals surface area (Å²) >= 11 is 1.04. The fourth-order valence-corrected chi connectivity index (χ4v) is 2.54. The number of carboxylic acids is 1. The Kier molecular flexibility index (Phi) is 5.52. The standard InChI is InChI=1S/C13H14N4O5S/c1-7(12(20)21)15-10(18)5-9-11(19)16-13(23-9)17-14-6-8-3-2-4-22-8/h2-4,6-7,9H,5H2,1H3,(H,15,18)(H,20,21)(H,16,17,19)/p-1/t7-,9-/m0/s1. The lowest BCUT2D eigenvalue weighted by Crippen LogP contribution is -2.46. The van der Waals surface area contributed by atoms with E-state index in [0.717, 1.165) is 11.8 Å². The molecule has 1 saturated heterocycles. The molecule has 0 aromatic carbocycles. The Bertz CT molecular complexity index is 655. The van der Waals surface area contributed by atoms with E-state index in [4.69, 9.17) is 4.42 Å². The monoisotopic (exact) mass is 337 g/mol. The van der Waals surface area contributed by atoms with Crippen LogP contribution in [-0.2, 0) is 14.4 Å². The average molecular weight is 337 g/mol. The van der Waals surface area contributed by atoms with Crippen molar-refractivity contribution in [3.05, 3.63) is 24.2 Å². The maximum Gasteiger partial charge on any atom is 0.240 e. The summed E-state index contributed by atoms with van der Waals surface area (Å²) in [5, 5.41) is 22.4. The van der Waals surface area contributed by atoms with Gasteiger partial charge in [0.25, 0.3) is 0 Å². The normalized spacial score (nSPS) is 20.7. The number of carbonyl (C=O) groups is 3. The molecule has 2 atom stereocenters. The Morgan fingerprint density at radius 2 is 2.39 bits per heavy atom. The first-order valence-electron chi connectivity index (χ1n) is 6.58. The third-order valence-corrected chi connectivity index (χ3v) is 3.83. The van der Waals surface area contributed by atoms with Gasteiger partial charge in [-0.3, -0.25) is 9.59 Å². The molecule has 10 heteroatoms. The number of furan rings is 1. The van der Waals surface area contributed by atoms with Crippen LogP contribution in [0.2, 0.25) is 0 Å². The van der Waals surface area contributed by atoms with Crippen molar-refractivity contribution in [2.75, 3.05) is 0 Å². The van der Waals surface area contributed by atoms with Crippen LogP contribution in [0.5, 0.6) is 0 Å². The Morgan fingerprint density at radius 3 is 3.04 bits per heavy atom. The molecule has 0 bridgehead atoms. The lowest BCUT2D eigenvalue weighted by Gasteiger charge is -2.15. The zero-order valence-electron chi connectivity index (χ0n) is 12.0. The number of nitrogens with zero attached hydrogens (tertiary/aromatic N) is 2. The van der Waals surface area contributed by atoms with Gasteiger partial charge in [0.1, 0.15) is 11.0 Å². The fourth-order valence-electron chi connectivity index (χ4n) is 1.62. The molecule has 1 aliphatic rings. The molecular formula is C13H13N4O5S-. The van der Waals surface area contributed by atoms with E-state index in [2.05, 4.69) is 20.8 Å².